The van der Waals surface area contributed by atoms with Crippen LogP contribution in [0.2, 0.25) is 0 Å². The molecule has 164 valence electrons. The number of rotatable bonds is 5. The van der Waals surface area contributed by atoms with Crippen LogP contribution in [-0.4, -0.2) is 53.1 Å². The fraction of sp³-hybridized carbons (Fsp3) is 0.261. The van der Waals surface area contributed by atoms with Crippen LogP contribution < -0.4 is 15.5 Å². The molecule has 32 heavy (non-hydrogen) atoms. The van der Waals surface area contributed by atoms with Crippen molar-refractivity contribution in [3.8, 4) is 0 Å². The number of aryl methyl sites for hydroxylation is 2. The van der Waals surface area contributed by atoms with Crippen molar-refractivity contribution in [2.45, 2.75) is 13.8 Å². The Labute approximate surface area is 185 Å². The number of hydrogen-bond acceptors (Lipinski definition) is 7. The van der Waals surface area contributed by atoms with Crippen molar-refractivity contribution < 1.29 is 14.3 Å². The highest BCUT2D eigenvalue weighted by Gasteiger charge is 2.19. The van der Waals surface area contributed by atoms with E-state index < -0.39 is 0 Å². The van der Waals surface area contributed by atoms with E-state index >= 15 is 0 Å². The molecule has 1 aliphatic rings. The summed E-state index contributed by atoms with van der Waals surface area (Å²) in [5.41, 5.74) is 2.91. The topological polar surface area (TPSA) is 109 Å². The van der Waals surface area contributed by atoms with Crippen LogP contribution in [0.4, 0.5) is 17.8 Å². The zero-order valence-electron chi connectivity index (χ0n) is 18.0. The quantitative estimate of drug-likeness (QED) is 0.638. The van der Waals surface area contributed by atoms with Gasteiger partial charge in [0.25, 0.3) is 11.8 Å². The highest BCUT2D eigenvalue weighted by Crippen LogP contribution is 2.17. The SMILES string of the molecule is Cc1cccc(C(=O)Nc2nc(NC(=O)c3cccc(C)c3)nc(N3CCOCC3)n2)c1. The Bertz CT molecular complexity index is 1070. The van der Waals surface area contributed by atoms with Crippen molar-refractivity contribution in [2.24, 2.45) is 0 Å². The molecular weight excluding hydrogens is 408 g/mol. The molecule has 2 aromatic carbocycles. The molecule has 9 heteroatoms. The van der Waals surface area contributed by atoms with Gasteiger partial charge < -0.3 is 9.64 Å². The molecule has 1 aromatic heterocycles. The average molecular weight is 432 g/mol. The number of anilines is 3. The maximum atomic E-state index is 12.7. The van der Waals surface area contributed by atoms with Crippen LogP contribution in [0, 0.1) is 13.8 Å². The first-order valence-corrected chi connectivity index (χ1v) is 10.3. The van der Waals surface area contributed by atoms with Crippen molar-refractivity contribution in [2.75, 3.05) is 41.8 Å². The van der Waals surface area contributed by atoms with Crippen molar-refractivity contribution in [3.05, 3.63) is 70.8 Å². The number of carbonyl (C=O) groups is 2. The first-order valence-electron chi connectivity index (χ1n) is 10.3. The van der Waals surface area contributed by atoms with Crippen LogP contribution in [-0.2, 0) is 4.74 Å². The van der Waals surface area contributed by atoms with E-state index in [1.807, 2.05) is 43.0 Å². The van der Waals surface area contributed by atoms with Gasteiger partial charge in [-0.2, -0.15) is 15.0 Å². The maximum Gasteiger partial charge on any atom is 0.258 e. The van der Waals surface area contributed by atoms with E-state index in [2.05, 4.69) is 25.6 Å². The van der Waals surface area contributed by atoms with E-state index in [9.17, 15) is 9.59 Å². The number of morpholine rings is 1. The molecule has 9 nitrogen and oxygen atoms in total. The summed E-state index contributed by atoms with van der Waals surface area (Å²) in [5, 5.41) is 5.43. The Balaban J connectivity index is 1.61. The molecule has 0 unspecified atom stereocenters. The lowest BCUT2D eigenvalue weighted by atomic mass is 10.1. The zero-order valence-corrected chi connectivity index (χ0v) is 18.0. The molecule has 0 atom stereocenters. The molecule has 0 spiro atoms. The summed E-state index contributed by atoms with van der Waals surface area (Å²) in [6, 6.07) is 14.4. The largest absolute Gasteiger partial charge is 0.378 e. The van der Waals surface area contributed by atoms with Gasteiger partial charge in [0.2, 0.25) is 17.8 Å². The average Bonchev–Trinajstić information content (AvgIpc) is 2.79. The van der Waals surface area contributed by atoms with Gasteiger partial charge in [-0.15, -0.1) is 0 Å². The number of amides is 2. The monoisotopic (exact) mass is 432 g/mol. The van der Waals surface area contributed by atoms with Gasteiger partial charge in [0, 0.05) is 24.2 Å². The number of benzene rings is 2. The molecule has 1 fully saturated rings. The fourth-order valence-corrected chi connectivity index (χ4v) is 3.30. The number of nitrogens with one attached hydrogen (secondary N) is 2. The summed E-state index contributed by atoms with van der Waals surface area (Å²) in [5.74, 6) is -0.199. The molecule has 3 aromatic rings. The molecule has 0 aliphatic carbocycles. The zero-order chi connectivity index (χ0) is 22.5. The van der Waals surface area contributed by atoms with Crippen molar-refractivity contribution in [1.82, 2.24) is 15.0 Å². The highest BCUT2D eigenvalue weighted by molar-refractivity contribution is 6.04. The van der Waals surface area contributed by atoms with Crippen LogP contribution in [0.15, 0.2) is 48.5 Å². The summed E-state index contributed by atoms with van der Waals surface area (Å²) in [6.07, 6.45) is 0. The minimum atomic E-state index is -0.344. The minimum Gasteiger partial charge on any atom is -0.378 e. The molecule has 0 radical (unpaired) electrons. The van der Waals surface area contributed by atoms with Gasteiger partial charge >= 0.3 is 0 Å². The molecule has 1 saturated heterocycles. The van der Waals surface area contributed by atoms with Crippen molar-refractivity contribution >= 4 is 29.7 Å². The predicted molar refractivity (Wildman–Crippen MR) is 121 cm³/mol. The Morgan fingerprint density at radius 2 is 1.31 bits per heavy atom. The third-order valence-electron chi connectivity index (χ3n) is 4.93. The molecule has 4 rings (SSSR count). The van der Waals surface area contributed by atoms with E-state index in [1.165, 1.54) is 0 Å². The molecule has 2 heterocycles. The third-order valence-corrected chi connectivity index (χ3v) is 4.93. The second-order valence-electron chi connectivity index (χ2n) is 7.53. The molecule has 0 saturated carbocycles. The van der Waals surface area contributed by atoms with E-state index in [4.69, 9.17) is 4.74 Å². The molecule has 2 amide bonds. The van der Waals surface area contributed by atoms with Crippen molar-refractivity contribution in [1.29, 1.82) is 0 Å². The number of nitrogens with zero attached hydrogens (tertiary/aromatic N) is 4. The number of carbonyl (C=O) groups excluding carboxylic acids is 2. The Morgan fingerprint density at radius 1 is 0.812 bits per heavy atom. The Hall–Kier alpha value is -3.85. The Kier molecular flexibility index (Phi) is 6.37. The van der Waals surface area contributed by atoms with Gasteiger partial charge in [0.1, 0.15) is 0 Å². The third kappa shape index (κ3) is 5.25. The Morgan fingerprint density at radius 3 is 1.78 bits per heavy atom. The van der Waals surface area contributed by atoms with Crippen LogP contribution in [0.25, 0.3) is 0 Å². The molecule has 2 N–H and O–H groups in total. The smallest absolute Gasteiger partial charge is 0.258 e. The molecule has 0 bridgehead atoms. The molecular formula is C23H24N6O3. The van der Waals surface area contributed by atoms with E-state index in [-0.39, 0.29) is 23.7 Å². The van der Waals surface area contributed by atoms with Gasteiger partial charge in [0.15, 0.2) is 0 Å². The lowest BCUT2D eigenvalue weighted by molar-refractivity contribution is 0.101. The number of hydrogen-bond donors (Lipinski definition) is 2. The highest BCUT2D eigenvalue weighted by atomic mass is 16.5. The van der Waals surface area contributed by atoms with Gasteiger partial charge in [-0.3, -0.25) is 20.2 Å². The first-order chi connectivity index (χ1) is 15.5. The van der Waals surface area contributed by atoms with Gasteiger partial charge in [-0.25, -0.2) is 0 Å². The fourth-order valence-electron chi connectivity index (χ4n) is 3.30. The van der Waals surface area contributed by atoms with Gasteiger partial charge in [-0.1, -0.05) is 35.4 Å². The van der Waals surface area contributed by atoms with Crippen LogP contribution >= 0.6 is 0 Å². The van der Waals surface area contributed by atoms with E-state index in [0.717, 1.165) is 11.1 Å². The van der Waals surface area contributed by atoms with Gasteiger partial charge in [-0.05, 0) is 38.1 Å². The lowest BCUT2D eigenvalue weighted by Gasteiger charge is -2.27. The van der Waals surface area contributed by atoms with Gasteiger partial charge in [0.05, 0.1) is 13.2 Å². The second-order valence-corrected chi connectivity index (χ2v) is 7.53. The van der Waals surface area contributed by atoms with E-state index in [1.54, 1.807) is 24.3 Å². The number of aromatic nitrogens is 3. The summed E-state index contributed by atoms with van der Waals surface area (Å²) in [7, 11) is 0. The normalized spacial score (nSPS) is 13.5. The lowest BCUT2D eigenvalue weighted by Crippen LogP contribution is -2.37. The summed E-state index contributed by atoms with van der Waals surface area (Å²) in [4.78, 5) is 40.4. The molecule has 1 aliphatic heterocycles. The summed E-state index contributed by atoms with van der Waals surface area (Å²) >= 11 is 0. The maximum absolute atomic E-state index is 12.7. The second kappa shape index (κ2) is 9.52. The van der Waals surface area contributed by atoms with E-state index in [0.29, 0.717) is 43.4 Å². The number of ether oxygens (including phenoxy) is 1. The standard InChI is InChI=1S/C23H24N6O3/c1-15-5-3-7-17(13-15)19(30)24-21-26-22(25-20(31)18-8-4-6-16(2)14-18)28-23(27-21)29-9-11-32-12-10-29/h3-8,13-14H,9-12H2,1-2H3,(H2,24,25,26,27,28,30,31). The predicted octanol–water partition coefficient (Wildman–Crippen LogP) is 2.83. The van der Waals surface area contributed by atoms with Crippen LogP contribution in [0.1, 0.15) is 31.8 Å². The summed E-state index contributed by atoms with van der Waals surface area (Å²) in [6.45, 7) is 6.11. The minimum absolute atomic E-state index is 0.0625. The first kappa shape index (κ1) is 21.4. The van der Waals surface area contributed by atoms with Crippen LogP contribution in [0.3, 0.4) is 0 Å². The van der Waals surface area contributed by atoms with Crippen LogP contribution in [0.5, 0.6) is 0 Å². The summed E-state index contributed by atoms with van der Waals surface area (Å²) < 4.78 is 5.40. The van der Waals surface area contributed by atoms with Crippen molar-refractivity contribution in [3.63, 3.8) is 0 Å².